The van der Waals surface area contributed by atoms with Gasteiger partial charge in [-0.15, -0.1) is 0 Å². The number of fused-ring (bicyclic) bond motifs is 2. The topological polar surface area (TPSA) is 29.3 Å². The Morgan fingerprint density at radius 3 is 2.94 bits per heavy atom. The molecule has 1 aliphatic heterocycles. The molecule has 1 aromatic carbocycles. The molecular weight excluding hydrogens is 196 g/mol. The number of nitrogens with zero attached hydrogens (tertiary/aromatic N) is 1. The van der Waals surface area contributed by atoms with Crippen molar-refractivity contribution in [1.29, 1.82) is 0 Å². The van der Waals surface area contributed by atoms with E-state index in [9.17, 15) is 0 Å². The second-order valence-electron chi connectivity index (χ2n) is 4.83. The van der Waals surface area contributed by atoms with Gasteiger partial charge in [0.15, 0.2) is 0 Å². The summed E-state index contributed by atoms with van der Waals surface area (Å²) in [7, 11) is 2.20. The molecule has 84 valence electrons. The average Bonchev–Trinajstić information content (AvgIpc) is 2.36. The number of nitrogens with two attached hydrogens (primary N) is 1. The van der Waals surface area contributed by atoms with Crippen molar-refractivity contribution in [1.82, 2.24) is 0 Å². The van der Waals surface area contributed by atoms with E-state index in [1.807, 2.05) is 0 Å². The Hall–Kier alpha value is -1.44. The lowest BCUT2D eigenvalue weighted by atomic mass is 9.83. The normalized spacial score (nSPS) is 24.1. The number of hydrogen-bond donors (Lipinski definition) is 1. The van der Waals surface area contributed by atoms with Crippen molar-refractivity contribution < 1.29 is 0 Å². The second kappa shape index (κ2) is 3.55. The van der Waals surface area contributed by atoms with Crippen LogP contribution in [0.25, 0.3) is 5.70 Å². The Labute approximate surface area is 96.7 Å². The van der Waals surface area contributed by atoms with Crippen LogP contribution in [-0.2, 0) is 0 Å². The molecule has 1 heterocycles. The Morgan fingerprint density at radius 1 is 1.25 bits per heavy atom. The number of hydrogen-bond acceptors (Lipinski definition) is 2. The molecule has 0 aromatic heterocycles. The van der Waals surface area contributed by atoms with Gasteiger partial charge in [-0.2, -0.15) is 0 Å². The van der Waals surface area contributed by atoms with E-state index in [0.717, 1.165) is 5.70 Å². The monoisotopic (exact) mass is 214 g/mol. The van der Waals surface area contributed by atoms with E-state index in [4.69, 9.17) is 5.73 Å². The molecule has 1 aromatic rings. The van der Waals surface area contributed by atoms with Crippen molar-refractivity contribution in [2.24, 2.45) is 5.73 Å². The number of benzene rings is 1. The first-order chi connectivity index (χ1) is 7.79. The van der Waals surface area contributed by atoms with E-state index >= 15 is 0 Å². The van der Waals surface area contributed by atoms with Crippen molar-refractivity contribution in [2.75, 3.05) is 11.9 Å². The van der Waals surface area contributed by atoms with E-state index in [0.29, 0.717) is 6.04 Å². The maximum Gasteiger partial charge on any atom is 0.0522 e. The minimum Gasteiger partial charge on any atom is -0.398 e. The fourth-order valence-electron chi connectivity index (χ4n) is 3.09. The highest BCUT2D eigenvalue weighted by molar-refractivity contribution is 5.81. The molecule has 2 aliphatic rings. The second-order valence-corrected chi connectivity index (χ2v) is 4.83. The van der Waals surface area contributed by atoms with E-state index < -0.39 is 0 Å². The van der Waals surface area contributed by atoms with Gasteiger partial charge in [0.2, 0.25) is 0 Å². The van der Waals surface area contributed by atoms with Gasteiger partial charge in [-0.25, -0.2) is 0 Å². The zero-order valence-corrected chi connectivity index (χ0v) is 9.74. The van der Waals surface area contributed by atoms with Gasteiger partial charge in [0.1, 0.15) is 0 Å². The van der Waals surface area contributed by atoms with Gasteiger partial charge in [-0.05, 0) is 30.9 Å². The number of rotatable bonds is 0. The summed E-state index contributed by atoms with van der Waals surface area (Å²) in [4.78, 5) is 2.40. The highest BCUT2D eigenvalue weighted by atomic mass is 15.1. The smallest absolute Gasteiger partial charge is 0.0522 e. The van der Waals surface area contributed by atoms with Gasteiger partial charge < -0.3 is 10.6 Å². The highest BCUT2D eigenvalue weighted by Gasteiger charge is 2.31. The Balaban J connectivity index is 2.17. The summed E-state index contributed by atoms with van der Waals surface area (Å²) in [5.41, 5.74) is 11.3. The van der Waals surface area contributed by atoms with Crippen LogP contribution < -0.4 is 10.6 Å². The van der Waals surface area contributed by atoms with Crippen LogP contribution in [0.3, 0.4) is 0 Å². The van der Waals surface area contributed by atoms with Crippen molar-refractivity contribution in [2.45, 2.75) is 31.7 Å². The fraction of sp³-hybridized carbons (Fsp3) is 0.429. The van der Waals surface area contributed by atoms with Gasteiger partial charge in [-0.1, -0.05) is 24.6 Å². The van der Waals surface area contributed by atoms with Gasteiger partial charge >= 0.3 is 0 Å². The molecule has 0 amide bonds. The summed E-state index contributed by atoms with van der Waals surface area (Å²) >= 11 is 0. The van der Waals surface area contributed by atoms with Crippen LogP contribution in [0.4, 0.5) is 5.69 Å². The van der Waals surface area contributed by atoms with E-state index in [2.05, 4.69) is 36.2 Å². The van der Waals surface area contributed by atoms with E-state index in [1.165, 1.54) is 42.5 Å². The molecule has 1 unspecified atom stereocenters. The van der Waals surface area contributed by atoms with Crippen molar-refractivity contribution in [3.63, 3.8) is 0 Å². The van der Waals surface area contributed by atoms with Crippen molar-refractivity contribution >= 4 is 11.4 Å². The van der Waals surface area contributed by atoms with Crippen LogP contribution in [0, 0.1) is 0 Å². The fourth-order valence-corrected chi connectivity index (χ4v) is 3.09. The third-order valence-electron chi connectivity index (χ3n) is 3.96. The minimum absolute atomic E-state index is 0.545. The Kier molecular flexibility index (Phi) is 2.16. The maximum absolute atomic E-state index is 6.32. The van der Waals surface area contributed by atoms with Gasteiger partial charge in [0.25, 0.3) is 0 Å². The zero-order valence-electron chi connectivity index (χ0n) is 9.74. The van der Waals surface area contributed by atoms with Crippen LogP contribution >= 0.6 is 0 Å². The molecule has 2 heteroatoms. The minimum atomic E-state index is 0.545. The van der Waals surface area contributed by atoms with Crippen LogP contribution in [0.15, 0.2) is 29.8 Å². The molecule has 0 radical (unpaired) electrons. The molecule has 3 rings (SSSR count). The molecule has 0 spiro atoms. The lowest BCUT2D eigenvalue weighted by Gasteiger charge is -2.40. The van der Waals surface area contributed by atoms with Crippen LogP contribution in [0.2, 0.25) is 0 Å². The first-order valence-corrected chi connectivity index (χ1v) is 6.10. The van der Waals surface area contributed by atoms with Crippen LogP contribution in [-0.4, -0.2) is 13.1 Å². The van der Waals surface area contributed by atoms with Crippen LogP contribution in [0.1, 0.15) is 31.2 Å². The summed E-state index contributed by atoms with van der Waals surface area (Å²) in [6.07, 6.45) is 5.05. The highest BCUT2D eigenvalue weighted by Crippen LogP contribution is 2.40. The summed E-state index contributed by atoms with van der Waals surface area (Å²) in [6.45, 7) is 0. The Morgan fingerprint density at radius 2 is 2.06 bits per heavy atom. The SMILES string of the molecule is CN1c2ccccc2C(N)=C2CCCCC21. The predicted molar refractivity (Wildman–Crippen MR) is 68.2 cm³/mol. The van der Waals surface area contributed by atoms with Crippen molar-refractivity contribution in [3.05, 3.63) is 35.4 Å². The molecule has 0 saturated heterocycles. The Bertz CT molecular complexity index is 448. The third kappa shape index (κ3) is 1.26. The molecule has 1 saturated carbocycles. The summed E-state index contributed by atoms with van der Waals surface area (Å²) in [5.74, 6) is 0. The van der Waals surface area contributed by atoms with Gasteiger partial charge in [0.05, 0.1) is 6.04 Å². The molecule has 1 atom stereocenters. The average molecular weight is 214 g/mol. The van der Waals surface area contributed by atoms with Gasteiger partial charge in [0, 0.05) is 24.0 Å². The third-order valence-corrected chi connectivity index (χ3v) is 3.96. The van der Waals surface area contributed by atoms with Crippen LogP contribution in [0.5, 0.6) is 0 Å². The van der Waals surface area contributed by atoms with Crippen molar-refractivity contribution in [3.8, 4) is 0 Å². The lowest BCUT2D eigenvalue weighted by molar-refractivity contribution is 0.515. The maximum atomic E-state index is 6.32. The molecule has 1 aliphatic carbocycles. The van der Waals surface area contributed by atoms with E-state index in [1.54, 1.807) is 0 Å². The quantitative estimate of drug-likeness (QED) is 0.719. The van der Waals surface area contributed by atoms with Gasteiger partial charge in [-0.3, -0.25) is 0 Å². The molecule has 16 heavy (non-hydrogen) atoms. The van der Waals surface area contributed by atoms with E-state index in [-0.39, 0.29) is 0 Å². The molecule has 2 N–H and O–H groups in total. The first kappa shape index (κ1) is 9.76. The molecule has 2 nitrogen and oxygen atoms in total. The largest absolute Gasteiger partial charge is 0.398 e. The lowest BCUT2D eigenvalue weighted by Crippen LogP contribution is -2.39. The summed E-state index contributed by atoms with van der Waals surface area (Å²) < 4.78 is 0. The number of likely N-dealkylation sites (N-methyl/N-ethyl adjacent to an activating group) is 1. The molecule has 0 bridgehead atoms. The predicted octanol–water partition coefficient (Wildman–Crippen LogP) is 2.75. The number of anilines is 1. The summed E-state index contributed by atoms with van der Waals surface area (Å²) in [6, 6.07) is 9.02. The molecule has 1 fully saturated rings. The standard InChI is InChI=1S/C14H18N2/c1-16-12-8-4-2-6-10(12)14(15)11-7-3-5-9-13(11)16/h2,4,6,8,13H,3,5,7,9,15H2,1H3. The molecular formula is C14H18N2. The number of para-hydroxylation sites is 1. The summed E-state index contributed by atoms with van der Waals surface area (Å²) in [5, 5.41) is 0. The zero-order chi connectivity index (χ0) is 11.1. The first-order valence-electron chi connectivity index (χ1n) is 6.10.